The summed E-state index contributed by atoms with van der Waals surface area (Å²) in [5.74, 6) is -1.95. The first-order chi connectivity index (χ1) is 15.3. The van der Waals surface area contributed by atoms with Crippen LogP contribution in [0.1, 0.15) is 28.3 Å². The van der Waals surface area contributed by atoms with Gasteiger partial charge in [-0.2, -0.15) is 0 Å². The third-order valence-electron chi connectivity index (χ3n) is 5.59. The third-order valence-corrected chi connectivity index (χ3v) is 5.59. The molecule has 0 aromatic heterocycles. The number of hydrogen-bond donors (Lipinski definition) is 1. The van der Waals surface area contributed by atoms with Gasteiger partial charge in [-0.05, 0) is 61.4 Å². The van der Waals surface area contributed by atoms with Crippen LogP contribution in [-0.4, -0.2) is 23.9 Å². The van der Waals surface area contributed by atoms with Gasteiger partial charge in [-0.25, -0.2) is 4.39 Å². The Morgan fingerprint density at radius 1 is 1.00 bits per heavy atom. The Hall–Kier alpha value is -3.93. The van der Waals surface area contributed by atoms with E-state index in [0.29, 0.717) is 16.9 Å². The van der Waals surface area contributed by atoms with E-state index in [-0.39, 0.29) is 17.0 Å². The number of amides is 1. The molecular weight excluding hydrogens is 409 g/mol. The molecule has 3 aromatic carbocycles. The summed E-state index contributed by atoms with van der Waals surface area (Å²) in [4.78, 5) is 27.5. The first kappa shape index (κ1) is 21.3. The summed E-state index contributed by atoms with van der Waals surface area (Å²) in [6, 6.07) is 16.9. The molecule has 32 heavy (non-hydrogen) atoms. The zero-order valence-corrected chi connectivity index (χ0v) is 17.9. The molecule has 1 aliphatic heterocycles. The number of hydrogen-bond acceptors (Lipinski definition) is 4. The zero-order chi connectivity index (χ0) is 23.0. The van der Waals surface area contributed by atoms with Crippen LogP contribution in [0, 0.1) is 19.7 Å². The summed E-state index contributed by atoms with van der Waals surface area (Å²) in [6.45, 7) is 3.69. The fraction of sp³-hybridized carbons (Fsp3) is 0.154. The molecule has 0 spiro atoms. The quantitative estimate of drug-likeness (QED) is 0.356. The second kappa shape index (κ2) is 8.30. The van der Waals surface area contributed by atoms with E-state index in [1.807, 2.05) is 26.0 Å². The van der Waals surface area contributed by atoms with Gasteiger partial charge < -0.3 is 9.84 Å². The smallest absolute Gasteiger partial charge is 0.300 e. The molecule has 1 atom stereocenters. The number of nitrogens with zero attached hydrogens (tertiary/aromatic N) is 1. The highest BCUT2D eigenvalue weighted by molar-refractivity contribution is 6.51. The fourth-order valence-electron chi connectivity index (χ4n) is 3.99. The average molecular weight is 431 g/mol. The van der Waals surface area contributed by atoms with Crippen molar-refractivity contribution in [1.82, 2.24) is 0 Å². The number of aliphatic hydroxyl groups excluding tert-OH is 1. The Kier molecular flexibility index (Phi) is 5.53. The molecular formula is C26H22FNO4. The van der Waals surface area contributed by atoms with Crippen LogP contribution in [0.25, 0.3) is 5.76 Å². The van der Waals surface area contributed by atoms with Gasteiger partial charge in [0.1, 0.15) is 17.3 Å². The van der Waals surface area contributed by atoms with Crippen molar-refractivity contribution >= 4 is 23.1 Å². The Morgan fingerprint density at radius 2 is 1.75 bits per heavy atom. The van der Waals surface area contributed by atoms with Crippen molar-refractivity contribution in [2.45, 2.75) is 19.9 Å². The maximum Gasteiger partial charge on any atom is 0.300 e. The standard InChI is InChI=1S/C26H22FNO4/c1-15-10-11-16(2)21(12-15)24(29)22-23(17-6-4-9-20(13-17)32-3)28(26(31)25(22)30)19-8-5-7-18(27)14-19/h4-14,23,29H,1-3H3/b24-22+. The van der Waals surface area contributed by atoms with E-state index in [1.165, 1.54) is 30.2 Å². The lowest BCUT2D eigenvalue weighted by atomic mass is 9.93. The van der Waals surface area contributed by atoms with E-state index in [4.69, 9.17) is 4.74 Å². The summed E-state index contributed by atoms with van der Waals surface area (Å²) in [6.07, 6.45) is 0. The maximum atomic E-state index is 14.0. The van der Waals surface area contributed by atoms with Gasteiger partial charge >= 0.3 is 0 Å². The molecule has 1 amide bonds. The van der Waals surface area contributed by atoms with E-state index < -0.39 is 23.5 Å². The summed E-state index contributed by atoms with van der Waals surface area (Å²) in [7, 11) is 1.51. The maximum absolute atomic E-state index is 14.0. The number of anilines is 1. The number of rotatable bonds is 4. The van der Waals surface area contributed by atoms with E-state index in [2.05, 4.69) is 0 Å². The molecule has 0 radical (unpaired) electrons. The second-order valence-corrected chi connectivity index (χ2v) is 7.74. The predicted molar refractivity (Wildman–Crippen MR) is 120 cm³/mol. The van der Waals surface area contributed by atoms with Crippen LogP contribution in [-0.2, 0) is 9.59 Å². The van der Waals surface area contributed by atoms with Crippen molar-refractivity contribution in [3.05, 3.63) is 100 Å². The molecule has 1 N–H and O–H groups in total. The average Bonchev–Trinajstić information content (AvgIpc) is 3.05. The molecule has 1 aliphatic rings. The molecule has 4 rings (SSSR count). The minimum absolute atomic E-state index is 0.0544. The van der Waals surface area contributed by atoms with Crippen LogP contribution in [0.5, 0.6) is 5.75 Å². The summed E-state index contributed by atoms with van der Waals surface area (Å²) < 4.78 is 19.3. The van der Waals surface area contributed by atoms with Gasteiger partial charge in [0.05, 0.1) is 18.7 Å². The second-order valence-electron chi connectivity index (χ2n) is 7.74. The predicted octanol–water partition coefficient (Wildman–Crippen LogP) is 5.08. The van der Waals surface area contributed by atoms with Crippen molar-refractivity contribution in [3.63, 3.8) is 0 Å². The molecule has 162 valence electrons. The minimum Gasteiger partial charge on any atom is -0.507 e. The lowest BCUT2D eigenvalue weighted by Crippen LogP contribution is -2.29. The SMILES string of the molecule is COc1cccc(C2/C(=C(\O)c3cc(C)ccc3C)C(=O)C(=O)N2c2cccc(F)c2)c1. The zero-order valence-electron chi connectivity index (χ0n) is 17.9. The number of aryl methyl sites for hydroxylation is 2. The van der Waals surface area contributed by atoms with E-state index in [1.54, 1.807) is 36.4 Å². The van der Waals surface area contributed by atoms with Gasteiger partial charge in [0.2, 0.25) is 0 Å². The lowest BCUT2D eigenvalue weighted by molar-refractivity contribution is -0.132. The van der Waals surface area contributed by atoms with Gasteiger partial charge in [0.15, 0.2) is 0 Å². The van der Waals surface area contributed by atoms with Crippen LogP contribution < -0.4 is 9.64 Å². The number of halogens is 1. The Bertz CT molecular complexity index is 1260. The first-order valence-corrected chi connectivity index (χ1v) is 10.1. The number of ether oxygens (including phenoxy) is 1. The van der Waals surface area contributed by atoms with E-state index in [9.17, 15) is 19.1 Å². The van der Waals surface area contributed by atoms with E-state index in [0.717, 1.165) is 11.1 Å². The van der Waals surface area contributed by atoms with Crippen molar-refractivity contribution in [3.8, 4) is 5.75 Å². The molecule has 1 saturated heterocycles. The molecule has 1 unspecified atom stereocenters. The highest BCUT2D eigenvalue weighted by Crippen LogP contribution is 2.43. The minimum atomic E-state index is -0.952. The largest absolute Gasteiger partial charge is 0.507 e. The molecule has 3 aromatic rings. The Morgan fingerprint density at radius 3 is 2.47 bits per heavy atom. The molecule has 1 fully saturated rings. The number of methoxy groups -OCH3 is 1. The third kappa shape index (κ3) is 3.64. The number of aliphatic hydroxyl groups is 1. The lowest BCUT2D eigenvalue weighted by Gasteiger charge is -2.26. The molecule has 1 heterocycles. The Balaban J connectivity index is 2.00. The summed E-state index contributed by atoms with van der Waals surface area (Å²) >= 11 is 0. The molecule has 5 nitrogen and oxygen atoms in total. The summed E-state index contributed by atoms with van der Waals surface area (Å²) in [5.41, 5.74) is 2.85. The molecule has 0 aliphatic carbocycles. The van der Waals surface area contributed by atoms with Crippen molar-refractivity contribution in [2.24, 2.45) is 0 Å². The molecule has 6 heteroatoms. The van der Waals surface area contributed by atoms with Gasteiger partial charge in [0.25, 0.3) is 11.7 Å². The number of benzene rings is 3. The first-order valence-electron chi connectivity index (χ1n) is 10.1. The van der Waals surface area contributed by atoms with Gasteiger partial charge in [-0.15, -0.1) is 0 Å². The topological polar surface area (TPSA) is 66.8 Å². The molecule has 0 bridgehead atoms. The van der Waals surface area contributed by atoms with Crippen molar-refractivity contribution < 1.29 is 23.8 Å². The Labute approximate surface area is 185 Å². The van der Waals surface area contributed by atoms with Crippen LogP contribution in [0.3, 0.4) is 0 Å². The fourth-order valence-corrected chi connectivity index (χ4v) is 3.99. The van der Waals surface area contributed by atoms with Crippen molar-refractivity contribution in [1.29, 1.82) is 0 Å². The van der Waals surface area contributed by atoms with Gasteiger partial charge in [0, 0.05) is 11.3 Å². The van der Waals surface area contributed by atoms with Gasteiger partial charge in [-0.1, -0.05) is 35.9 Å². The van der Waals surface area contributed by atoms with Gasteiger partial charge in [-0.3, -0.25) is 14.5 Å². The number of carbonyl (C=O) groups is 2. The monoisotopic (exact) mass is 431 g/mol. The van der Waals surface area contributed by atoms with Crippen LogP contribution in [0.4, 0.5) is 10.1 Å². The summed E-state index contributed by atoms with van der Waals surface area (Å²) in [5, 5.41) is 11.3. The van der Waals surface area contributed by atoms with E-state index >= 15 is 0 Å². The van der Waals surface area contributed by atoms with Crippen LogP contribution in [0.15, 0.2) is 72.3 Å². The van der Waals surface area contributed by atoms with Crippen LogP contribution >= 0.6 is 0 Å². The highest BCUT2D eigenvalue weighted by atomic mass is 19.1. The number of carbonyl (C=O) groups excluding carboxylic acids is 2. The number of ketones is 1. The normalized spacial score (nSPS) is 17.6. The highest BCUT2D eigenvalue weighted by Gasteiger charge is 2.47. The molecule has 0 saturated carbocycles. The van der Waals surface area contributed by atoms with Crippen molar-refractivity contribution in [2.75, 3.05) is 12.0 Å². The van der Waals surface area contributed by atoms with Crippen LogP contribution in [0.2, 0.25) is 0 Å². The number of Topliss-reactive ketones (excluding diaryl/α,β-unsaturated/α-hetero) is 1.